The summed E-state index contributed by atoms with van der Waals surface area (Å²) in [6, 6.07) is 15.0. The fourth-order valence-electron chi connectivity index (χ4n) is 5.31. The quantitative estimate of drug-likeness (QED) is 0.423. The molecule has 6 rings (SSSR count). The number of rotatable bonds is 4. The second-order valence-electron chi connectivity index (χ2n) is 9.85. The molecule has 0 saturated carbocycles. The second-order valence-corrected chi connectivity index (χ2v) is 9.85. The first-order valence-electron chi connectivity index (χ1n) is 13.0. The van der Waals surface area contributed by atoms with Crippen LogP contribution in [0.2, 0.25) is 0 Å². The summed E-state index contributed by atoms with van der Waals surface area (Å²) in [7, 11) is 0. The van der Waals surface area contributed by atoms with E-state index in [-0.39, 0.29) is 17.5 Å². The largest absolute Gasteiger partial charge is 0.337 e. The monoisotopic (exact) mass is 498 g/mol. The zero-order valence-corrected chi connectivity index (χ0v) is 21.0. The number of hydrogen-bond donors (Lipinski definition) is 0. The van der Waals surface area contributed by atoms with Crippen LogP contribution in [0, 0.1) is 0 Å². The zero-order chi connectivity index (χ0) is 25.4. The molecule has 0 N–H and O–H groups in total. The summed E-state index contributed by atoms with van der Waals surface area (Å²) < 4.78 is 7.37. The Balaban J connectivity index is 1.14. The SMILES string of the molecule is CC(c1nc(-c2ccccc2)no1)N1CCN(C(=O)c2ccc3c(=O)n4c(nc3c2)CCCCC4)CC1. The molecule has 190 valence electrons. The van der Waals surface area contributed by atoms with E-state index in [1.165, 1.54) is 0 Å². The number of benzene rings is 2. The van der Waals surface area contributed by atoms with Gasteiger partial charge < -0.3 is 9.42 Å². The van der Waals surface area contributed by atoms with Gasteiger partial charge in [-0.1, -0.05) is 41.9 Å². The Morgan fingerprint density at radius 1 is 0.946 bits per heavy atom. The lowest BCUT2D eigenvalue weighted by atomic mass is 10.1. The van der Waals surface area contributed by atoms with E-state index in [4.69, 9.17) is 9.51 Å². The highest BCUT2D eigenvalue weighted by atomic mass is 16.5. The molecule has 2 aromatic heterocycles. The van der Waals surface area contributed by atoms with Crippen molar-refractivity contribution in [1.82, 2.24) is 29.5 Å². The lowest BCUT2D eigenvalue weighted by Crippen LogP contribution is -2.49. The predicted molar refractivity (Wildman–Crippen MR) is 139 cm³/mol. The smallest absolute Gasteiger partial charge is 0.261 e. The van der Waals surface area contributed by atoms with Crippen molar-refractivity contribution in [3.8, 4) is 11.4 Å². The lowest BCUT2D eigenvalue weighted by molar-refractivity contribution is 0.0552. The molecule has 37 heavy (non-hydrogen) atoms. The van der Waals surface area contributed by atoms with Gasteiger partial charge in [-0.05, 0) is 38.0 Å². The van der Waals surface area contributed by atoms with Gasteiger partial charge in [0.05, 0.1) is 16.9 Å². The van der Waals surface area contributed by atoms with Crippen LogP contribution in [-0.4, -0.2) is 61.6 Å². The van der Waals surface area contributed by atoms with Crippen molar-refractivity contribution in [3.05, 3.63) is 76.2 Å². The Kier molecular flexibility index (Phi) is 6.30. The first-order valence-corrected chi connectivity index (χ1v) is 13.0. The minimum Gasteiger partial charge on any atom is -0.337 e. The number of hydrogen-bond acceptors (Lipinski definition) is 7. The van der Waals surface area contributed by atoms with Crippen molar-refractivity contribution >= 4 is 16.8 Å². The summed E-state index contributed by atoms with van der Waals surface area (Å²) in [5.41, 5.74) is 2.11. The second kappa shape index (κ2) is 9.89. The molecular formula is C28H30N6O3. The van der Waals surface area contributed by atoms with Gasteiger partial charge in [0.15, 0.2) is 0 Å². The molecule has 0 spiro atoms. The number of fused-ring (bicyclic) bond motifs is 2. The number of aryl methyl sites for hydroxylation is 1. The van der Waals surface area contributed by atoms with Crippen molar-refractivity contribution in [2.45, 2.75) is 45.2 Å². The third kappa shape index (κ3) is 4.55. The van der Waals surface area contributed by atoms with E-state index in [9.17, 15) is 9.59 Å². The molecule has 0 bridgehead atoms. The van der Waals surface area contributed by atoms with Crippen LogP contribution in [0.15, 0.2) is 57.8 Å². The lowest BCUT2D eigenvalue weighted by Gasteiger charge is -2.36. The van der Waals surface area contributed by atoms with Gasteiger partial charge in [0.2, 0.25) is 11.7 Å². The molecule has 2 aliphatic heterocycles. The maximum Gasteiger partial charge on any atom is 0.261 e. The minimum atomic E-state index is -0.0460. The summed E-state index contributed by atoms with van der Waals surface area (Å²) in [5, 5.41) is 4.72. The molecule has 1 atom stereocenters. The van der Waals surface area contributed by atoms with Crippen LogP contribution < -0.4 is 5.56 Å². The van der Waals surface area contributed by atoms with Gasteiger partial charge in [-0.15, -0.1) is 0 Å². The number of aromatic nitrogens is 4. The van der Waals surface area contributed by atoms with E-state index in [1.54, 1.807) is 18.2 Å². The van der Waals surface area contributed by atoms with Gasteiger partial charge in [-0.25, -0.2) is 4.98 Å². The third-order valence-corrected chi connectivity index (χ3v) is 7.54. The standard InChI is InChI=1S/C28H30N6O3/c1-19(26-30-25(31-37-26)20-8-4-2-5-9-20)32-14-16-33(17-15-32)27(35)21-11-12-22-23(18-21)29-24-10-6-3-7-13-34(24)28(22)36/h2,4-5,8-9,11-12,18-19H,3,6-7,10,13-17H2,1H3. The summed E-state index contributed by atoms with van der Waals surface area (Å²) in [6.07, 6.45) is 3.95. The molecule has 1 saturated heterocycles. The Bertz CT molecular complexity index is 1490. The number of carbonyl (C=O) groups is 1. The molecule has 0 aliphatic carbocycles. The van der Waals surface area contributed by atoms with Crippen molar-refractivity contribution < 1.29 is 9.32 Å². The molecule has 4 aromatic rings. The highest BCUT2D eigenvalue weighted by Crippen LogP contribution is 2.24. The zero-order valence-electron chi connectivity index (χ0n) is 21.0. The van der Waals surface area contributed by atoms with E-state index in [0.29, 0.717) is 54.4 Å². The van der Waals surface area contributed by atoms with E-state index in [1.807, 2.05) is 39.8 Å². The van der Waals surface area contributed by atoms with Gasteiger partial charge in [0.1, 0.15) is 5.82 Å². The van der Waals surface area contributed by atoms with Gasteiger partial charge in [-0.2, -0.15) is 4.98 Å². The van der Waals surface area contributed by atoms with Crippen molar-refractivity contribution in [2.75, 3.05) is 26.2 Å². The summed E-state index contributed by atoms with van der Waals surface area (Å²) in [5.74, 6) is 1.95. The van der Waals surface area contributed by atoms with Crippen LogP contribution in [-0.2, 0) is 13.0 Å². The average Bonchev–Trinajstić information content (AvgIpc) is 3.32. The molecule has 2 aromatic carbocycles. The Hall–Kier alpha value is -3.85. The van der Waals surface area contributed by atoms with Crippen molar-refractivity contribution in [1.29, 1.82) is 0 Å². The number of carbonyl (C=O) groups excluding carboxylic acids is 1. The van der Waals surface area contributed by atoms with Crippen molar-refractivity contribution in [2.24, 2.45) is 0 Å². The Labute approximate surface area is 214 Å². The predicted octanol–water partition coefficient (Wildman–Crippen LogP) is 3.69. The van der Waals surface area contributed by atoms with Crippen molar-refractivity contribution in [3.63, 3.8) is 0 Å². The highest BCUT2D eigenvalue weighted by Gasteiger charge is 2.28. The summed E-state index contributed by atoms with van der Waals surface area (Å²) in [4.78, 5) is 39.8. The van der Waals surface area contributed by atoms with E-state index < -0.39 is 0 Å². The maximum absolute atomic E-state index is 13.3. The first kappa shape index (κ1) is 23.5. The summed E-state index contributed by atoms with van der Waals surface area (Å²) in [6.45, 7) is 5.38. The first-order chi connectivity index (χ1) is 18.1. The van der Waals surface area contributed by atoms with Gasteiger partial charge in [0, 0.05) is 50.3 Å². The van der Waals surface area contributed by atoms with Crippen LogP contribution in [0.5, 0.6) is 0 Å². The van der Waals surface area contributed by atoms with Crippen LogP contribution in [0.3, 0.4) is 0 Å². The van der Waals surface area contributed by atoms with Crippen LogP contribution in [0.25, 0.3) is 22.3 Å². The maximum atomic E-state index is 13.3. The molecule has 0 radical (unpaired) electrons. The van der Waals surface area contributed by atoms with Gasteiger partial charge >= 0.3 is 0 Å². The van der Waals surface area contributed by atoms with Crippen LogP contribution >= 0.6 is 0 Å². The summed E-state index contributed by atoms with van der Waals surface area (Å²) >= 11 is 0. The number of nitrogens with zero attached hydrogens (tertiary/aromatic N) is 6. The highest BCUT2D eigenvalue weighted by molar-refractivity contribution is 5.97. The Morgan fingerprint density at radius 2 is 1.76 bits per heavy atom. The molecule has 2 aliphatic rings. The molecule has 1 unspecified atom stereocenters. The van der Waals surface area contributed by atoms with E-state index in [2.05, 4.69) is 22.0 Å². The fourth-order valence-corrected chi connectivity index (χ4v) is 5.31. The molecule has 9 heteroatoms. The van der Waals surface area contributed by atoms with Crippen LogP contribution in [0.4, 0.5) is 0 Å². The average molecular weight is 499 g/mol. The fraction of sp³-hybridized carbons (Fsp3) is 0.393. The van der Waals surface area contributed by atoms with Crippen LogP contribution in [0.1, 0.15) is 54.3 Å². The van der Waals surface area contributed by atoms with E-state index in [0.717, 1.165) is 43.6 Å². The molecule has 1 amide bonds. The molecule has 9 nitrogen and oxygen atoms in total. The third-order valence-electron chi connectivity index (χ3n) is 7.54. The van der Waals surface area contributed by atoms with E-state index >= 15 is 0 Å². The van der Waals surface area contributed by atoms with Gasteiger partial charge in [0.25, 0.3) is 11.5 Å². The number of piperazine rings is 1. The Morgan fingerprint density at radius 3 is 2.57 bits per heavy atom. The molecule has 1 fully saturated rings. The van der Waals surface area contributed by atoms with Gasteiger partial charge in [-0.3, -0.25) is 19.1 Å². The molecular weight excluding hydrogens is 468 g/mol. The number of amides is 1. The molecule has 4 heterocycles. The topological polar surface area (TPSA) is 97.4 Å². The minimum absolute atomic E-state index is 0.0000480. The normalized spacial score (nSPS) is 17.4.